The summed E-state index contributed by atoms with van der Waals surface area (Å²) < 4.78 is 0. The lowest BCUT2D eigenvalue weighted by Gasteiger charge is -2.45. The van der Waals surface area contributed by atoms with Crippen molar-refractivity contribution in [1.29, 1.82) is 0 Å². The summed E-state index contributed by atoms with van der Waals surface area (Å²) in [5, 5.41) is 15.3. The fraction of sp³-hybridized carbons (Fsp3) is 0.535. The number of anilines is 1. The Morgan fingerprint density at radius 2 is 1.70 bits per heavy atom. The standard InChI is InChI=1S/C27H36N4O4.C16H23N5O/c1-18(5-8-25(33)28-17-32)31-26(34)23-7-6-22(13-24(23)27(31)35)30-11-9-19(10-12-30)14-29-15-20-3-2-4-21(20)16-29;1-20-6-7-21-11(10-20)9-19-16(18)14(21)8-13(17)12-4-2-3-5-15(12)22/h6-7,13,17-21H,2-5,8-12,14-16H2,1H3,(H,28,32,33);2-5,8,11,19,22H,6-7,9-10,17-18H2,1H3/b;13-8-. The first kappa shape index (κ1) is 40.1. The summed E-state index contributed by atoms with van der Waals surface area (Å²) in [7, 11) is 2.13. The Bertz CT molecular complexity index is 1880. The molecule has 4 amide bonds. The largest absolute Gasteiger partial charge is 0.507 e. The Morgan fingerprint density at radius 3 is 2.42 bits per heavy atom. The van der Waals surface area contributed by atoms with E-state index in [1.54, 1.807) is 31.2 Å². The number of fused-ring (bicyclic) bond motifs is 3. The fourth-order valence-corrected chi connectivity index (χ4v) is 9.75. The summed E-state index contributed by atoms with van der Waals surface area (Å²) in [6.07, 6.45) is 9.16. The quantitative estimate of drug-likeness (QED) is 0.176. The number of piperazine rings is 1. The third kappa shape index (κ3) is 8.91. The molecule has 4 unspecified atom stereocenters. The summed E-state index contributed by atoms with van der Waals surface area (Å²) >= 11 is 0. The molecule has 4 atom stereocenters. The number of likely N-dealkylation sites (N-methyl/N-ethyl adjacent to an activating group) is 1. The number of amides is 4. The van der Waals surface area contributed by atoms with Crippen LogP contribution < -0.4 is 27.0 Å². The van der Waals surface area contributed by atoms with Gasteiger partial charge in [0.05, 0.1) is 22.9 Å². The molecular weight excluding hydrogens is 723 g/mol. The maximum atomic E-state index is 13.1. The number of nitrogens with zero attached hydrogens (tertiary/aromatic N) is 5. The summed E-state index contributed by atoms with van der Waals surface area (Å²) in [6.45, 7) is 11.3. The van der Waals surface area contributed by atoms with Gasteiger partial charge in [0.2, 0.25) is 12.3 Å². The molecule has 1 aliphatic carbocycles. The molecule has 14 nitrogen and oxygen atoms in total. The average molecular weight is 782 g/mol. The highest BCUT2D eigenvalue weighted by atomic mass is 16.3. The van der Waals surface area contributed by atoms with Crippen molar-refractivity contribution in [3.8, 4) is 5.75 Å². The zero-order valence-corrected chi connectivity index (χ0v) is 33.4. The third-order valence-electron chi connectivity index (χ3n) is 13.0. The molecule has 306 valence electrons. The van der Waals surface area contributed by atoms with Gasteiger partial charge < -0.3 is 41.5 Å². The second-order valence-electron chi connectivity index (χ2n) is 16.8. The predicted octanol–water partition coefficient (Wildman–Crippen LogP) is 2.71. The summed E-state index contributed by atoms with van der Waals surface area (Å²) in [4.78, 5) is 58.9. The van der Waals surface area contributed by atoms with E-state index in [0.717, 1.165) is 81.2 Å². The van der Waals surface area contributed by atoms with Crippen molar-refractivity contribution in [1.82, 2.24) is 30.2 Å². The van der Waals surface area contributed by atoms with E-state index in [1.165, 1.54) is 43.8 Å². The number of aromatic hydroxyl groups is 1. The van der Waals surface area contributed by atoms with Crippen LogP contribution in [0.4, 0.5) is 5.69 Å². The summed E-state index contributed by atoms with van der Waals surface area (Å²) in [5.74, 6) is 2.40. The van der Waals surface area contributed by atoms with Gasteiger partial charge in [-0.25, -0.2) is 0 Å². The zero-order chi connectivity index (χ0) is 40.2. The van der Waals surface area contributed by atoms with E-state index in [2.05, 4.69) is 37.3 Å². The Hall–Kier alpha value is -5.08. The smallest absolute Gasteiger partial charge is 0.261 e. The molecule has 14 heteroatoms. The van der Waals surface area contributed by atoms with E-state index in [9.17, 15) is 24.3 Å². The number of phenols is 1. The summed E-state index contributed by atoms with van der Waals surface area (Å²) in [6, 6.07) is 12.6. The second kappa shape index (κ2) is 17.6. The SMILES string of the molecule is CC(CCC(=O)NC=O)N1C(=O)c2ccc(N3CCC(CN4CC5CCCC5C4)CC3)cc2C1=O.CN1CCN2C(/C=C(\N)c3ccccc3O)=C(N)NCC2C1. The molecule has 7 N–H and O–H groups in total. The lowest BCUT2D eigenvalue weighted by molar-refractivity contribution is -0.125. The van der Waals surface area contributed by atoms with Gasteiger partial charge in [0.25, 0.3) is 11.8 Å². The lowest BCUT2D eigenvalue weighted by Crippen LogP contribution is -2.58. The normalized spacial score (nSPS) is 24.7. The molecule has 3 saturated heterocycles. The van der Waals surface area contributed by atoms with Gasteiger partial charge in [0, 0.05) is 88.3 Å². The molecule has 0 aromatic heterocycles. The van der Waals surface area contributed by atoms with Gasteiger partial charge in [0.1, 0.15) is 11.6 Å². The van der Waals surface area contributed by atoms with Crippen molar-refractivity contribution in [2.75, 3.05) is 70.9 Å². The van der Waals surface area contributed by atoms with Gasteiger partial charge in [-0.15, -0.1) is 0 Å². The molecule has 57 heavy (non-hydrogen) atoms. The number of rotatable bonds is 10. The maximum Gasteiger partial charge on any atom is 0.261 e. The molecule has 0 spiro atoms. The number of hydrogen-bond donors (Lipinski definition) is 5. The van der Waals surface area contributed by atoms with Gasteiger partial charge in [-0.05, 0) is 100 Å². The Balaban J connectivity index is 0.000000194. The minimum absolute atomic E-state index is 0.0756. The van der Waals surface area contributed by atoms with E-state index in [0.29, 0.717) is 47.1 Å². The van der Waals surface area contributed by atoms with Gasteiger partial charge >= 0.3 is 0 Å². The number of nitrogens with one attached hydrogen (secondary N) is 2. The van der Waals surface area contributed by atoms with Crippen LogP contribution in [0.15, 0.2) is 60.1 Å². The minimum Gasteiger partial charge on any atom is -0.507 e. The number of nitrogens with two attached hydrogens (primary N) is 2. The highest BCUT2D eigenvalue weighted by Gasteiger charge is 2.40. The topological polar surface area (TPSA) is 181 Å². The molecule has 4 fully saturated rings. The van der Waals surface area contributed by atoms with Gasteiger partial charge in [-0.2, -0.15) is 0 Å². The van der Waals surface area contributed by atoms with Crippen LogP contribution in [0.1, 0.15) is 78.1 Å². The maximum absolute atomic E-state index is 13.1. The van der Waals surface area contributed by atoms with Crippen molar-refractivity contribution in [3.05, 3.63) is 76.7 Å². The van der Waals surface area contributed by atoms with Crippen LogP contribution in [0.3, 0.4) is 0 Å². The number of allylic oxidation sites excluding steroid dienone is 1. The van der Waals surface area contributed by atoms with Gasteiger partial charge in [-0.1, -0.05) is 18.6 Å². The number of likely N-dealkylation sites (tertiary alicyclic amines) is 1. The fourth-order valence-electron chi connectivity index (χ4n) is 9.75. The van der Waals surface area contributed by atoms with Crippen LogP contribution in [0.25, 0.3) is 5.70 Å². The molecular formula is C43H59N9O5. The first-order chi connectivity index (χ1) is 27.5. The Morgan fingerprint density at radius 1 is 0.982 bits per heavy atom. The number of benzene rings is 2. The van der Waals surface area contributed by atoms with E-state index < -0.39 is 11.9 Å². The summed E-state index contributed by atoms with van der Waals surface area (Å²) in [5.41, 5.74) is 16.2. The van der Waals surface area contributed by atoms with Crippen molar-refractivity contribution >= 4 is 35.5 Å². The molecule has 0 radical (unpaired) electrons. The highest BCUT2D eigenvalue weighted by molar-refractivity contribution is 6.22. The first-order valence-corrected chi connectivity index (χ1v) is 20.7. The van der Waals surface area contributed by atoms with Gasteiger partial charge in [0.15, 0.2) is 0 Å². The van der Waals surface area contributed by atoms with Crippen LogP contribution in [-0.2, 0) is 9.59 Å². The molecule has 0 bridgehead atoms. The molecule has 6 aliphatic rings. The average Bonchev–Trinajstić information content (AvgIpc) is 3.88. The minimum atomic E-state index is -0.427. The van der Waals surface area contributed by atoms with Crippen molar-refractivity contribution in [2.24, 2.45) is 29.2 Å². The molecule has 2 aromatic carbocycles. The molecule has 2 aromatic rings. The van der Waals surface area contributed by atoms with Crippen molar-refractivity contribution in [2.45, 2.75) is 64.0 Å². The number of piperidine rings is 1. The number of phenolic OH excluding ortho intramolecular Hbond substituents is 1. The lowest BCUT2D eigenvalue weighted by atomic mass is 9.95. The van der Waals surface area contributed by atoms with Crippen LogP contribution >= 0.6 is 0 Å². The second-order valence-corrected chi connectivity index (χ2v) is 16.8. The first-order valence-electron chi connectivity index (χ1n) is 20.7. The van der Waals surface area contributed by atoms with E-state index in [1.807, 2.05) is 24.3 Å². The van der Waals surface area contributed by atoms with Crippen molar-refractivity contribution in [3.63, 3.8) is 0 Å². The number of para-hydroxylation sites is 1. The van der Waals surface area contributed by atoms with E-state index in [-0.39, 0.29) is 24.0 Å². The monoisotopic (exact) mass is 781 g/mol. The number of hydrogen-bond acceptors (Lipinski definition) is 12. The molecule has 5 aliphatic heterocycles. The highest BCUT2D eigenvalue weighted by Crippen LogP contribution is 2.39. The van der Waals surface area contributed by atoms with Crippen LogP contribution in [0, 0.1) is 17.8 Å². The van der Waals surface area contributed by atoms with Crippen molar-refractivity contribution < 1.29 is 24.3 Å². The van der Waals surface area contributed by atoms with Gasteiger partial charge in [-0.3, -0.25) is 29.4 Å². The number of carbonyl (C=O) groups is 4. The molecule has 1 saturated carbocycles. The van der Waals surface area contributed by atoms with Crippen LogP contribution in [0.2, 0.25) is 0 Å². The van der Waals surface area contributed by atoms with Crippen LogP contribution in [-0.4, -0.2) is 127 Å². The predicted molar refractivity (Wildman–Crippen MR) is 220 cm³/mol. The number of carbonyl (C=O) groups excluding carboxylic acids is 4. The molecule has 8 rings (SSSR count). The third-order valence-corrected chi connectivity index (χ3v) is 13.0. The van der Waals surface area contributed by atoms with E-state index >= 15 is 0 Å². The van der Waals surface area contributed by atoms with E-state index in [4.69, 9.17) is 11.5 Å². The number of imide groups is 2. The Kier molecular flexibility index (Phi) is 12.4. The molecule has 5 heterocycles. The van der Waals surface area contributed by atoms with Crippen LogP contribution in [0.5, 0.6) is 5.75 Å². The Labute approximate surface area is 335 Å². The zero-order valence-electron chi connectivity index (χ0n) is 33.4.